The fourth-order valence-electron chi connectivity index (χ4n) is 3.87. The van der Waals surface area contributed by atoms with Gasteiger partial charge in [0.15, 0.2) is 0 Å². The molecule has 0 bridgehead atoms. The van der Waals surface area contributed by atoms with Crippen molar-refractivity contribution in [2.24, 2.45) is 0 Å². The molecule has 0 unspecified atom stereocenters. The Balaban J connectivity index is 1.70. The minimum atomic E-state index is -3.64. The molecule has 0 amide bonds. The number of benzene rings is 3. The van der Waals surface area contributed by atoms with Crippen molar-refractivity contribution in [3.05, 3.63) is 80.7 Å². The van der Waals surface area contributed by atoms with Crippen LogP contribution in [0.1, 0.15) is 24.3 Å². The molecule has 1 aliphatic carbocycles. The zero-order chi connectivity index (χ0) is 22.6. The third-order valence-electron chi connectivity index (χ3n) is 5.50. The quantitative estimate of drug-likeness (QED) is 0.252. The fourth-order valence-corrected chi connectivity index (χ4v) is 5.43. The summed E-state index contributed by atoms with van der Waals surface area (Å²) in [4.78, 5) is 0. The lowest BCUT2D eigenvalue weighted by atomic mass is 10.0. The molecule has 0 N–H and O–H groups in total. The van der Waals surface area contributed by atoms with Crippen LogP contribution in [0.25, 0.3) is 22.3 Å². The molecule has 0 radical (unpaired) electrons. The van der Waals surface area contributed by atoms with Crippen LogP contribution in [0.2, 0.25) is 10.0 Å². The summed E-state index contributed by atoms with van der Waals surface area (Å²) in [6, 6.07) is 18.4. The van der Waals surface area contributed by atoms with E-state index in [1.165, 1.54) is 10.6 Å². The third-order valence-corrected chi connectivity index (χ3v) is 8.05. The number of sulfonamides is 1. The normalized spacial score (nSPS) is 14.1. The van der Waals surface area contributed by atoms with Crippen molar-refractivity contribution < 1.29 is 12.8 Å². The number of rotatable bonds is 5. The standard InChI is InChI=1S/C24H18BrCl2NO3S/c1-32(29,30)28(18-8-9-20(25)21(27)12-18)22-13-24-16(10-19(22)14-2-3-14)11-23(31-24)15-4-6-17(26)7-5-15/h4-14H,2-3H2,1H3. The highest BCUT2D eigenvalue weighted by atomic mass is 79.9. The molecule has 4 aromatic rings. The van der Waals surface area contributed by atoms with Crippen molar-refractivity contribution >= 4 is 71.5 Å². The molecule has 32 heavy (non-hydrogen) atoms. The first kappa shape index (κ1) is 21.8. The van der Waals surface area contributed by atoms with Gasteiger partial charge in [0, 0.05) is 26.5 Å². The van der Waals surface area contributed by atoms with Crippen LogP contribution in [0, 0.1) is 0 Å². The van der Waals surface area contributed by atoms with Gasteiger partial charge < -0.3 is 4.42 Å². The van der Waals surface area contributed by atoms with Crippen LogP contribution in [0.5, 0.6) is 0 Å². The van der Waals surface area contributed by atoms with Crippen LogP contribution < -0.4 is 4.31 Å². The summed E-state index contributed by atoms with van der Waals surface area (Å²) in [5, 5.41) is 2.02. The van der Waals surface area contributed by atoms with Crippen molar-refractivity contribution in [2.75, 3.05) is 10.6 Å². The Kier molecular flexibility index (Phi) is 5.53. The predicted octanol–water partition coefficient (Wildman–Crippen LogP) is 8.14. The third kappa shape index (κ3) is 4.17. The Morgan fingerprint density at radius 2 is 1.72 bits per heavy atom. The van der Waals surface area contributed by atoms with Gasteiger partial charge >= 0.3 is 0 Å². The molecule has 4 nitrogen and oxygen atoms in total. The smallest absolute Gasteiger partial charge is 0.236 e. The number of nitrogens with zero attached hydrogens (tertiary/aromatic N) is 1. The number of furan rings is 1. The molecule has 0 atom stereocenters. The molecule has 8 heteroatoms. The van der Waals surface area contributed by atoms with Gasteiger partial charge in [0.25, 0.3) is 0 Å². The van der Waals surface area contributed by atoms with Gasteiger partial charge in [-0.1, -0.05) is 23.2 Å². The summed E-state index contributed by atoms with van der Waals surface area (Å²) >= 11 is 15.7. The Labute approximate surface area is 204 Å². The van der Waals surface area contributed by atoms with Crippen LogP contribution in [0.15, 0.2) is 69.6 Å². The van der Waals surface area contributed by atoms with Crippen molar-refractivity contribution in [2.45, 2.75) is 18.8 Å². The number of hydrogen-bond acceptors (Lipinski definition) is 3. The molecule has 1 aromatic heterocycles. The molecule has 164 valence electrons. The van der Waals surface area contributed by atoms with E-state index in [0.717, 1.165) is 29.4 Å². The van der Waals surface area contributed by atoms with E-state index in [2.05, 4.69) is 15.9 Å². The molecule has 5 rings (SSSR count). The van der Waals surface area contributed by atoms with Crippen molar-refractivity contribution in [1.29, 1.82) is 0 Å². The van der Waals surface area contributed by atoms with Crippen LogP contribution in [-0.2, 0) is 10.0 Å². The maximum absolute atomic E-state index is 12.9. The van der Waals surface area contributed by atoms with E-state index in [1.54, 1.807) is 18.2 Å². The lowest BCUT2D eigenvalue weighted by molar-refractivity contribution is 0.602. The van der Waals surface area contributed by atoms with E-state index in [-0.39, 0.29) is 0 Å². The molecule has 1 fully saturated rings. The first-order valence-electron chi connectivity index (χ1n) is 9.99. The highest BCUT2D eigenvalue weighted by Crippen LogP contribution is 2.48. The second kappa shape index (κ2) is 8.10. The maximum Gasteiger partial charge on any atom is 0.236 e. The van der Waals surface area contributed by atoms with Gasteiger partial charge in [0.2, 0.25) is 10.0 Å². The fraction of sp³-hybridized carbons (Fsp3) is 0.167. The Morgan fingerprint density at radius 3 is 2.34 bits per heavy atom. The maximum atomic E-state index is 12.9. The van der Waals surface area contributed by atoms with Crippen molar-refractivity contribution in [3.8, 4) is 11.3 Å². The highest BCUT2D eigenvalue weighted by Gasteiger charge is 2.32. The molecule has 1 heterocycles. The van der Waals surface area contributed by atoms with E-state index in [4.69, 9.17) is 27.6 Å². The molecule has 3 aromatic carbocycles. The van der Waals surface area contributed by atoms with Crippen LogP contribution >= 0.6 is 39.1 Å². The first-order chi connectivity index (χ1) is 15.2. The largest absolute Gasteiger partial charge is 0.456 e. The summed E-state index contributed by atoms with van der Waals surface area (Å²) in [5.41, 5.74) is 3.58. The SMILES string of the molecule is CS(=O)(=O)N(c1ccc(Br)c(Cl)c1)c1cc2oc(-c3ccc(Cl)cc3)cc2cc1C1CC1. The number of fused-ring (bicyclic) bond motifs is 1. The zero-order valence-electron chi connectivity index (χ0n) is 17.0. The monoisotopic (exact) mass is 549 g/mol. The molecule has 0 saturated heterocycles. The van der Waals surface area contributed by atoms with Gasteiger partial charge in [-0.3, -0.25) is 0 Å². The van der Waals surface area contributed by atoms with Crippen LogP contribution in [0.3, 0.4) is 0 Å². The molecule has 0 spiro atoms. The van der Waals surface area contributed by atoms with Gasteiger partial charge in [0.05, 0.1) is 22.7 Å². The molecule has 1 saturated carbocycles. The Hall–Kier alpha value is -1.99. The predicted molar refractivity (Wildman–Crippen MR) is 135 cm³/mol. The first-order valence-corrected chi connectivity index (χ1v) is 13.4. The average molecular weight is 551 g/mol. The minimum absolute atomic E-state index is 0.318. The second-order valence-electron chi connectivity index (χ2n) is 7.97. The summed E-state index contributed by atoms with van der Waals surface area (Å²) in [5.74, 6) is 1.02. The van der Waals surface area contributed by atoms with Gasteiger partial charge in [-0.05, 0) is 94.9 Å². The van der Waals surface area contributed by atoms with E-state index >= 15 is 0 Å². The number of halogens is 3. The summed E-state index contributed by atoms with van der Waals surface area (Å²) < 4.78 is 34.1. The second-order valence-corrected chi connectivity index (χ2v) is 11.5. The summed E-state index contributed by atoms with van der Waals surface area (Å²) in [7, 11) is -3.64. The molecular formula is C24H18BrCl2NO3S. The zero-order valence-corrected chi connectivity index (χ0v) is 20.9. The van der Waals surface area contributed by atoms with Crippen molar-refractivity contribution in [3.63, 3.8) is 0 Å². The van der Waals surface area contributed by atoms with Gasteiger partial charge in [0.1, 0.15) is 11.3 Å². The number of anilines is 2. The van der Waals surface area contributed by atoms with E-state index < -0.39 is 10.0 Å². The van der Waals surface area contributed by atoms with Gasteiger partial charge in [-0.25, -0.2) is 12.7 Å². The lowest BCUT2D eigenvalue weighted by Crippen LogP contribution is -2.25. The van der Waals surface area contributed by atoms with Crippen molar-refractivity contribution in [1.82, 2.24) is 0 Å². The summed E-state index contributed by atoms with van der Waals surface area (Å²) in [6.45, 7) is 0. The van der Waals surface area contributed by atoms with Crippen LogP contribution in [0.4, 0.5) is 11.4 Å². The topological polar surface area (TPSA) is 50.5 Å². The van der Waals surface area contributed by atoms with E-state index in [1.807, 2.05) is 42.5 Å². The van der Waals surface area contributed by atoms with E-state index in [0.29, 0.717) is 43.2 Å². The molecule has 0 aliphatic heterocycles. The lowest BCUT2D eigenvalue weighted by Gasteiger charge is -2.25. The van der Waals surface area contributed by atoms with E-state index in [9.17, 15) is 8.42 Å². The Morgan fingerprint density at radius 1 is 1.00 bits per heavy atom. The average Bonchev–Trinajstić information content (AvgIpc) is 3.49. The molecular weight excluding hydrogens is 533 g/mol. The molecule has 1 aliphatic rings. The highest BCUT2D eigenvalue weighted by molar-refractivity contribution is 9.10. The summed E-state index contributed by atoms with van der Waals surface area (Å²) in [6.07, 6.45) is 3.25. The Bertz CT molecular complexity index is 1440. The minimum Gasteiger partial charge on any atom is -0.456 e. The van der Waals surface area contributed by atoms with Gasteiger partial charge in [-0.2, -0.15) is 0 Å². The number of hydrogen-bond donors (Lipinski definition) is 0. The van der Waals surface area contributed by atoms with Crippen LogP contribution in [-0.4, -0.2) is 14.7 Å². The van der Waals surface area contributed by atoms with Gasteiger partial charge in [-0.15, -0.1) is 0 Å².